The molecule has 0 saturated heterocycles. The molecular formula is C15H15NO. The predicted molar refractivity (Wildman–Crippen MR) is 70.8 cm³/mol. The van der Waals surface area contributed by atoms with Crippen molar-refractivity contribution < 1.29 is 4.79 Å². The number of ketones is 1. The number of fused-ring (bicyclic) bond motifs is 1. The number of benzene rings is 1. The lowest BCUT2D eigenvalue weighted by molar-refractivity contribution is -0.113. The summed E-state index contributed by atoms with van der Waals surface area (Å²) in [5.74, 6) is 0.104. The first-order chi connectivity index (χ1) is 8.06. The Morgan fingerprint density at radius 1 is 1.18 bits per heavy atom. The van der Waals surface area contributed by atoms with E-state index in [0.29, 0.717) is 0 Å². The van der Waals surface area contributed by atoms with E-state index in [0.717, 1.165) is 27.7 Å². The Kier molecular flexibility index (Phi) is 3.05. The van der Waals surface area contributed by atoms with Gasteiger partial charge in [-0.1, -0.05) is 12.1 Å². The summed E-state index contributed by atoms with van der Waals surface area (Å²) in [7, 11) is 0. The van der Waals surface area contributed by atoms with Crippen LogP contribution in [0.2, 0.25) is 0 Å². The van der Waals surface area contributed by atoms with E-state index in [9.17, 15) is 4.79 Å². The van der Waals surface area contributed by atoms with Crippen LogP contribution in [0.15, 0.2) is 35.9 Å². The molecule has 0 radical (unpaired) electrons. The molecule has 0 spiro atoms. The Labute approximate surface area is 101 Å². The minimum Gasteiger partial charge on any atom is -0.295 e. The lowest BCUT2D eigenvalue weighted by Crippen LogP contribution is -1.91. The number of aromatic nitrogens is 1. The number of Topliss-reactive ketones (excluding diaryl/α,β-unsaturated/α-hetero) is 1. The van der Waals surface area contributed by atoms with Crippen molar-refractivity contribution in [2.45, 2.75) is 20.8 Å². The predicted octanol–water partition coefficient (Wildman–Crippen LogP) is 3.54. The Bertz CT molecular complexity index is 611. The van der Waals surface area contributed by atoms with Gasteiger partial charge >= 0.3 is 0 Å². The van der Waals surface area contributed by atoms with Gasteiger partial charge in [0, 0.05) is 11.1 Å². The van der Waals surface area contributed by atoms with Crippen LogP contribution in [0, 0.1) is 6.92 Å². The molecule has 0 N–H and O–H groups in total. The Hall–Kier alpha value is -1.96. The Morgan fingerprint density at radius 3 is 2.65 bits per heavy atom. The SMILES string of the molecule is CC(=O)/C(C)=C/c1ccc2nc(C)ccc2c1. The third-order valence-electron chi connectivity index (χ3n) is 2.79. The van der Waals surface area contributed by atoms with E-state index < -0.39 is 0 Å². The number of pyridine rings is 1. The number of hydrogen-bond donors (Lipinski definition) is 0. The fourth-order valence-corrected chi connectivity index (χ4v) is 1.69. The molecule has 0 amide bonds. The standard InChI is InChI=1S/C15H15NO/c1-10(12(3)17)8-13-5-7-15-14(9-13)6-4-11(2)16-15/h4-9H,1-3H3/b10-8+. The summed E-state index contributed by atoms with van der Waals surface area (Å²) in [6.07, 6.45) is 1.90. The van der Waals surface area contributed by atoms with Gasteiger partial charge in [0.25, 0.3) is 0 Å². The van der Waals surface area contributed by atoms with Crippen molar-refractivity contribution in [2.75, 3.05) is 0 Å². The summed E-state index contributed by atoms with van der Waals surface area (Å²) < 4.78 is 0. The number of rotatable bonds is 2. The van der Waals surface area contributed by atoms with Crippen molar-refractivity contribution >= 4 is 22.8 Å². The lowest BCUT2D eigenvalue weighted by atomic mass is 10.1. The van der Waals surface area contributed by atoms with Gasteiger partial charge < -0.3 is 0 Å². The normalized spacial score (nSPS) is 11.8. The molecule has 17 heavy (non-hydrogen) atoms. The largest absolute Gasteiger partial charge is 0.295 e. The quantitative estimate of drug-likeness (QED) is 0.732. The number of nitrogens with zero attached hydrogens (tertiary/aromatic N) is 1. The molecule has 1 aromatic heterocycles. The van der Waals surface area contributed by atoms with Crippen molar-refractivity contribution in [3.05, 3.63) is 47.2 Å². The molecule has 0 unspecified atom stereocenters. The van der Waals surface area contributed by atoms with Crippen LogP contribution in [0.3, 0.4) is 0 Å². The Balaban J connectivity index is 2.49. The number of hydrogen-bond acceptors (Lipinski definition) is 2. The Morgan fingerprint density at radius 2 is 1.94 bits per heavy atom. The average molecular weight is 225 g/mol. The highest BCUT2D eigenvalue weighted by Gasteiger charge is 1.99. The molecule has 0 saturated carbocycles. The fourth-order valence-electron chi connectivity index (χ4n) is 1.69. The molecule has 0 aliphatic rings. The highest BCUT2D eigenvalue weighted by molar-refractivity contribution is 5.97. The van der Waals surface area contributed by atoms with Gasteiger partial charge in [-0.15, -0.1) is 0 Å². The minimum absolute atomic E-state index is 0.104. The molecule has 2 heteroatoms. The summed E-state index contributed by atoms with van der Waals surface area (Å²) >= 11 is 0. The van der Waals surface area contributed by atoms with E-state index in [-0.39, 0.29) is 5.78 Å². The summed E-state index contributed by atoms with van der Waals surface area (Å²) in [4.78, 5) is 15.6. The first-order valence-corrected chi connectivity index (χ1v) is 5.63. The molecule has 2 rings (SSSR count). The monoisotopic (exact) mass is 225 g/mol. The number of carbonyl (C=O) groups is 1. The van der Waals surface area contributed by atoms with Crippen molar-refractivity contribution in [1.29, 1.82) is 0 Å². The van der Waals surface area contributed by atoms with Crippen LogP contribution in [-0.2, 0) is 4.79 Å². The molecule has 1 aromatic carbocycles. The van der Waals surface area contributed by atoms with Gasteiger partial charge in [0.2, 0.25) is 0 Å². The third-order valence-corrected chi connectivity index (χ3v) is 2.79. The van der Waals surface area contributed by atoms with Crippen LogP contribution >= 0.6 is 0 Å². The van der Waals surface area contributed by atoms with Crippen LogP contribution < -0.4 is 0 Å². The summed E-state index contributed by atoms with van der Waals surface area (Å²) in [6.45, 7) is 5.39. The molecule has 2 nitrogen and oxygen atoms in total. The van der Waals surface area contributed by atoms with Crippen LogP contribution in [0.4, 0.5) is 0 Å². The van der Waals surface area contributed by atoms with Gasteiger partial charge in [-0.05, 0) is 56.2 Å². The molecule has 0 atom stereocenters. The molecule has 1 heterocycles. The zero-order valence-corrected chi connectivity index (χ0v) is 10.3. The van der Waals surface area contributed by atoms with E-state index in [1.165, 1.54) is 0 Å². The number of carbonyl (C=O) groups excluding carboxylic acids is 1. The van der Waals surface area contributed by atoms with Crippen LogP contribution in [-0.4, -0.2) is 10.8 Å². The second kappa shape index (κ2) is 4.50. The van der Waals surface area contributed by atoms with Crippen molar-refractivity contribution in [2.24, 2.45) is 0 Å². The molecule has 2 aromatic rings. The van der Waals surface area contributed by atoms with Gasteiger partial charge in [-0.25, -0.2) is 0 Å². The van der Waals surface area contributed by atoms with Crippen molar-refractivity contribution in [1.82, 2.24) is 4.98 Å². The lowest BCUT2D eigenvalue weighted by Gasteiger charge is -2.01. The zero-order valence-electron chi connectivity index (χ0n) is 10.3. The summed E-state index contributed by atoms with van der Waals surface area (Å²) in [6, 6.07) is 10.1. The molecule has 0 aliphatic carbocycles. The topological polar surface area (TPSA) is 30.0 Å². The van der Waals surface area contributed by atoms with Gasteiger partial charge in [0.1, 0.15) is 0 Å². The van der Waals surface area contributed by atoms with Crippen molar-refractivity contribution in [3.63, 3.8) is 0 Å². The van der Waals surface area contributed by atoms with E-state index in [1.807, 2.05) is 44.2 Å². The van der Waals surface area contributed by atoms with E-state index in [1.54, 1.807) is 6.92 Å². The maximum atomic E-state index is 11.2. The number of aryl methyl sites for hydroxylation is 1. The second-order valence-electron chi connectivity index (χ2n) is 4.29. The molecular weight excluding hydrogens is 210 g/mol. The highest BCUT2D eigenvalue weighted by atomic mass is 16.1. The second-order valence-corrected chi connectivity index (χ2v) is 4.29. The van der Waals surface area contributed by atoms with Gasteiger partial charge in [0.05, 0.1) is 5.52 Å². The van der Waals surface area contributed by atoms with E-state index >= 15 is 0 Å². The van der Waals surface area contributed by atoms with Gasteiger partial charge in [-0.2, -0.15) is 0 Å². The maximum Gasteiger partial charge on any atom is 0.155 e. The van der Waals surface area contributed by atoms with Gasteiger partial charge in [-0.3, -0.25) is 9.78 Å². The maximum absolute atomic E-state index is 11.2. The smallest absolute Gasteiger partial charge is 0.155 e. The van der Waals surface area contributed by atoms with Crippen LogP contribution in [0.5, 0.6) is 0 Å². The minimum atomic E-state index is 0.104. The highest BCUT2D eigenvalue weighted by Crippen LogP contribution is 2.17. The van der Waals surface area contributed by atoms with Crippen LogP contribution in [0.1, 0.15) is 25.1 Å². The summed E-state index contributed by atoms with van der Waals surface area (Å²) in [5.41, 5.74) is 3.81. The van der Waals surface area contributed by atoms with Crippen molar-refractivity contribution in [3.8, 4) is 0 Å². The number of allylic oxidation sites excluding steroid dienone is 1. The molecule has 86 valence electrons. The molecule has 0 fully saturated rings. The molecule has 0 bridgehead atoms. The van der Waals surface area contributed by atoms with Gasteiger partial charge in [0.15, 0.2) is 5.78 Å². The zero-order chi connectivity index (χ0) is 12.4. The van der Waals surface area contributed by atoms with Crippen LogP contribution in [0.25, 0.3) is 17.0 Å². The van der Waals surface area contributed by atoms with E-state index in [4.69, 9.17) is 0 Å². The fraction of sp³-hybridized carbons (Fsp3) is 0.200. The average Bonchev–Trinajstić information content (AvgIpc) is 2.29. The third kappa shape index (κ3) is 2.59. The molecule has 0 aliphatic heterocycles. The first-order valence-electron chi connectivity index (χ1n) is 5.63. The first kappa shape index (κ1) is 11.5. The van der Waals surface area contributed by atoms with E-state index in [2.05, 4.69) is 11.1 Å². The summed E-state index contributed by atoms with van der Waals surface area (Å²) in [5, 5.41) is 1.10.